The van der Waals surface area contributed by atoms with Crippen LogP contribution in [0.2, 0.25) is 0 Å². The predicted molar refractivity (Wildman–Crippen MR) is 93.0 cm³/mol. The van der Waals surface area contributed by atoms with Gasteiger partial charge >= 0.3 is 0 Å². The first-order chi connectivity index (χ1) is 11.7. The smallest absolute Gasteiger partial charge is 0.266 e. The molecule has 0 saturated carbocycles. The number of fused-ring (bicyclic) bond motifs is 1. The molecule has 0 radical (unpaired) electrons. The van der Waals surface area contributed by atoms with Crippen molar-refractivity contribution in [3.8, 4) is 5.75 Å². The third kappa shape index (κ3) is 3.60. The van der Waals surface area contributed by atoms with Crippen molar-refractivity contribution in [1.29, 1.82) is 0 Å². The van der Waals surface area contributed by atoms with Crippen molar-refractivity contribution in [2.45, 2.75) is 18.6 Å². The number of likely N-dealkylation sites (N-methyl/N-ethyl adjacent to an activating group) is 1. The monoisotopic (exact) mass is 365 g/mol. The van der Waals surface area contributed by atoms with Crippen molar-refractivity contribution in [2.24, 2.45) is 0 Å². The predicted octanol–water partition coefficient (Wildman–Crippen LogP) is 1.01. The molecule has 1 saturated heterocycles. The third-order valence-corrected chi connectivity index (χ3v) is 4.36. The Morgan fingerprint density at radius 2 is 2.20 bits per heavy atom. The maximum absolute atomic E-state index is 12.2. The molecular formula is C16H20ClN5O3. The maximum atomic E-state index is 12.2. The van der Waals surface area contributed by atoms with Crippen LogP contribution in [0.3, 0.4) is 0 Å². The Balaban J connectivity index is 0.00000182. The fourth-order valence-electron chi connectivity index (χ4n) is 2.97. The van der Waals surface area contributed by atoms with Gasteiger partial charge in [-0.25, -0.2) is 0 Å². The lowest BCUT2D eigenvalue weighted by molar-refractivity contribution is -0.123. The highest BCUT2D eigenvalue weighted by Crippen LogP contribution is 2.29. The Kier molecular flexibility index (Phi) is 5.22. The van der Waals surface area contributed by atoms with E-state index in [1.165, 1.54) is 0 Å². The summed E-state index contributed by atoms with van der Waals surface area (Å²) < 4.78 is 11.1. The Labute approximate surface area is 151 Å². The number of ether oxygens (including phenoxy) is 1. The molecule has 2 aliphatic heterocycles. The van der Waals surface area contributed by atoms with Crippen LogP contribution in [0.5, 0.6) is 5.75 Å². The number of piperazine rings is 1. The first-order valence-electron chi connectivity index (χ1n) is 8.00. The van der Waals surface area contributed by atoms with E-state index in [0.29, 0.717) is 23.2 Å². The van der Waals surface area contributed by atoms with Crippen molar-refractivity contribution >= 4 is 24.0 Å². The largest absolute Gasteiger partial charge is 0.478 e. The van der Waals surface area contributed by atoms with E-state index in [1.807, 2.05) is 25.2 Å². The van der Waals surface area contributed by atoms with Crippen LogP contribution >= 0.6 is 12.4 Å². The molecule has 3 heterocycles. The Morgan fingerprint density at radius 3 is 3.04 bits per heavy atom. The molecular weight excluding hydrogens is 346 g/mol. The number of para-hydroxylation sites is 2. The zero-order valence-corrected chi connectivity index (χ0v) is 14.6. The summed E-state index contributed by atoms with van der Waals surface area (Å²) >= 11 is 0. The zero-order chi connectivity index (χ0) is 16.5. The van der Waals surface area contributed by atoms with Gasteiger partial charge in [-0.15, -0.1) is 12.4 Å². The number of halogens is 1. The van der Waals surface area contributed by atoms with Crippen molar-refractivity contribution in [1.82, 2.24) is 20.4 Å². The van der Waals surface area contributed by atoms with Gasteiger partial charge in [0.1, 0.15) is 5.75 Å². The number of rotatable bonds is 3. The SMILES string of the molecule is CN1CCNCC1c1noc(CC2Oc3ccccc3NC2=O)n1.Cl. The van der Waals surface area contributed by atoms with Gasteiger partial charge in [-0.3, -0.25) is 9.69 Å². The van der Waals surface area contributed by atoms with E-state index in [4.69, 9.17) is 9.26 Å². The molecule has 9 heteroatoms. The summed E-state index contributed by atoms with van der Waals surface area (Å²) in [7, 11) is 2.04. The van der Waals surface area contributed by atoms with E-state index in [9.17, 15) is 4.79 Å². The van der Waals surface area contributed by atoms with Gasteiger partial charge in [0.25, 0.3) is 5.91 Å². The second kappa shape index (κ2) is 7.38. The number of hydrogen-bond donors (Lipinski definition) is 2. The van der Waals surface area contributed by atoms with E-state index in [1.54, 1.807) is 6.07 Å². The second-order valence-electron chi connectivity index (χ2n) is 6.04. The summed E-state index contributed by atoms with van der Waals surface area (Å²) in [4.78, 5) is 18.8. The van der Waals surface area contributed by atoms with E-state index >= 15 is 0 Å². The van der Waals surface area contributed by atoms with E-state index in [0.717, 1.165) is 19.6 Å². The molecule has 1 amide bonds. The molecule has 0 aliphatic carbocycles. The fourth-order valence-corrected chi connectivity index (χ4v) is 2.97. The van der Waals surface area contributed by atoms with Crippen molar-refractivity contribution in [2.75, 3.05) is 32.0 Å². The zero-order valence-electron chi connectivity index (χ0n) is 13.8. The van der Waals surface area contributed by atoms with Crippen molar-refractivity contribution in [3.05, 3.63) is 36.0 Å². The molecule has 4 rings (SSSR count). The normalized spacial score (nSPS) is 23.2. The quantitative estimate of drug-likeness (QED) is 0.838. The molecule has 2 atom stereocenters. The molecule has 1 aromatic carbocycles. The fraction of sp³-hybridized carbons (Fsp3) is 0.438. The van der Waals surface area contributed by atoms with Gasteiger partial charge in [-0.1, -0.05) is 17.3 Å². The molecule has 2 aliphatic rings. The Hall–Kier alpha value is -2.16. The topological polar surface area (TPSA) is 92.5 Å². The number of hydrogen-bond acceptors (Lipinski definition) is 7. The van der Waals surface area contributed by atoms with Gasteiger partial charge in [0, 0.05) is 19.6 Å². The minimum atomic E-state index is -0.671. The van der Waals surface area contributed by atoms with Gasteiger partial charge in [-0.2, -0.15) is 4.98 Å². The van der Waals surface area contributed by atoms with Crippen LogP contribution in [0, 0.1) is 0 Å². The van der Waals surface area contributed by atoms with Gasteiger partial charge in [-0.05, 0) is 19.2 Å². The first kappa shape index (κ1) is 17.7. The van der Waals surface area contributed by atoms with Crippen LogP contribution in [0.1, 0.15) is 17.8 Å². The van der Waals surface area contributed by atoms with E-state index in [2.05, 4.69) is 25.7 Å². The van der Waals surface area contributed by atoms with Gasteiger partial charge in [0.15, 0.2) is 11.9 Å². The summed E-state index contributed by atoms with van der Waals surface area (Å²) in [6.07, 6.45) is -0.424. The molecule has 1 fully saturated rings. The maximum Gasteiger partial charge on any atom is 0.266 e. The molecule has 25 heavy (non-hydrogen) atoms. The summed E-state index contributed by atoms with van der Waals surface area (Å²) in [6.45, 7) is 2.66. The first-order valence-corrected chi connectivity index (χ1v) is 8.00. The van der Waals surface area contributed by atoms with Crippen molar-refractivity contribution in [3.63, 3.8) is 0 Å². The number of nitrogens with zero attached hydrogens (tertiary/aromatic N) is 3. The van der Waals surface area contributed by atoms with Crippen molar-refractivity contribution < 1.29 is 14.1 Å². The molecule has 8 nitrogen and oxygen atoms in total. The summed E-state index contributed by atoms with van der Waals surface area (Å²) in [5.41, 5.74) is 0.680. The highest BCUT2D eigenvalue weighted by molar-refractivity contribution is 5.97. The molecule has 1 aromatic heterocycles. The number of carbonyl (C=O) groups excluding carboxylic acids is 1. The molecule has 2 aromatic rings. The van der Waals surface area contributed by atoms with Crippen LogP contribution in [-0.2, 0) is 11.2 Å². The van der Waals surface area contributed by atoms with Crippen LogP contribution in [-0.4, -0.2) is 53.7 Å². The van der Waals surface area contributed by atoms with Crippen LogP contribution in [0.25, 0.3) is 0 Å². The highest BCUT2D eigenvalue weighted by Gasteiger charge is 2.31. The molecule has 2 unspecified atom stereocenters. The van der Waals surface area contributed by atoms with Gasteiger partial charge in [0.2, 0.25) is 5.89 Å². The number of carbonyl (C=O) groups is 1. The Bertz CT molecular complexity index is 753. The molecule has 0 bridgehead atoms. The lowest BCUT2D eigenvalue weighted by atomic mass is 10.1. The number of anilines is 1. The molecule has 0 spiro atoms. The van der Waals surface area contributed by atoms with E-state index < -0.39 is 6.10 Å². The minimum Gasteiger partial charge on any atom is -0.478 e. The second-order valence-corrected chi connectivity index (χ2v) is 6.04. The number of benzene rings is 1. The number of amides is 1. The third-order valence-electron chi connectivity index (χ3n) is 4.36. The average Bonchev–Trinajstić information content (AvgIpc) is 3.04. The number of nitrogens with one attached hydrogen (secondary N) is 2. The van der Waals surface area contributed by atoms with Crippen LogP contribution in [0.15, 0.2) is 28.8 Å². The van der Waals surface area contributed by atoms with Crippen LogP contribution < -0.4 is 15.4 Å². The lowest BCUT2D eigenvalue weighted by Gasteiger charge is -2.30. The number of aromatic nitrogens is 2. The average molecular weight is 366 g/mol. The molecule has 134 valence electrons. The molecule has 2 N–H and O–H groups in total. The summed E-state index contributed by atoms with van der Waals surface area (Å²) in [5.74, 6) is 1.49. The van der Waals surface area contributed by atoms with E-state index in [-0.39, 0.29) is 30.8 Å². The summed E-state index contributed by atoms with van der Waals surface area (Å²) in [6, 6.07) is 7.42. The highest BCUT2D eigenvalue weighted by atomic mass is 35.5. The van der Waals surface area contributed by atoms with Gasteiger partial charge in [0.05, 0.1) is 18.2 Å². The summed E-state index contributed by atoms with van der Waals surface area (Å²) in [5, 5.41) is 10.2. The van der Waals surface area contributed by atoms with Gasteiger partial charge < -0.3 is 19.9 Å². The Morgan fingerprint density at radius 1 is 1.36 bits per heavy atom. The standard InChI is InChI=1S/C16H19N5O3.ClH/c1-21-7-6-17-9-11(21)15-19-14(24-20-15)8-13-16(22)18-10-4-2-3-5-12(10)23-13;/h2-5,11,13,17H,6-9H2,1H3,(H,18,22);1H. The minimum absolute atomic E-state index is 0. The lowest BCUT2D eigenvalue weighted by Crippen LogP contribution is -2.44. The van der Waals surface area contributed by atoms with Crippen LogP contribution in [0.4, 0.5) is 5.69 Å².